The lowest BCUT2D eigenvalue weighted by Crippen LogP contribution is -2.07. The fraction of sp³-hybridized carbons (Fsp3) is 0.353. The Bertz CT molecular complexity index is 590. The van der Waals surface area contributed by atoms with Gasteiger partial charge in [-0.15, -0.1) is 0 Å². The highest BCUT2D eigenvalue weighted by Gasteiger charge is 2.13. The molecule has 0 aliphatic heterocycles. The second kappa shape index (κ2) is 5.54. The third kappa shape index (κ3) is 3.21. The maximum atomic E-state index is 10.3. The van der Waals surface area contributed by atoms with Gasteiger partial charge in [-0.05, 0) is 55.5 Å². The van der Waals surface area contributed by atoms with Crippen molar-refractivity contribution < 1.29 is 5.11 Å². The first-order chi connectivity index (χ1) is 8.97. The van der Waals surface area contributed by atoms with Crippen LogP contribution in [-0.4, -0.2) is 10.1 Å². The van der Waals surface area contributed by atoms with Gasteiger partial charge in [0.1, 0.15) is 6.10 Å². The summed E-state index contributed by atoms with van der Waals surface area (Å²) in [6, 6.07) is 8.38. The highest BCUT2D eigenvalue weighted by Crippen LogP contribution is 2.21. The van der Waals surface area contributed by atoms with E-state index < -0.39 is 6.10 Å². The lowest BCUT2D eigenvalue weighted by Gasteiger charge is -2.14. The smallest absolute Gasteiger partial charge is 0.100 e. The van der Waals surface area contributed by atoms with Gasteiger partial charge in [-0.3, -0.25) is 4.98 Å². The van der Waals surface area contributed by atoms with Gasteiger partial charge in [0.25, 0.3) is 0 Å². The van der Waals surface area contributed by atoms with Gasteiger partial charge in [-0.2, -0.15) is 0 Å². The molecular formula is C17H21NO. The minimum absolute atomic E-state index is 0.539. The summed E-state index contributed by atoms with van der Waals surface area (Å²) in [5, 5.41) is 10.3. The number of aliphatic hydroxyl groups is 1. The van der Waals surface area contributed by atoms with Crippen molar-refractivity contribution in [3.8, 4) is 0 Å². The number of hydrogen-bond acceptors (Lipinski definition) is 2. The molecule has 1 aromatic heterocycles. The van der Waals surface area contributed by atoms with Gasteiger partial charge in [0.2, 0.25) is 0 Å². The van der Waals surface area contributed by atoms with Crippen LogP contribution < -0.4 is 0 Å². The maximum Gasteiger partial charge on any atom is 0.100 e. The van der Waals surface area contributed by atoms with Crippen LogP contribution in [0.3, 0.4) is 0 Å². The van der Waals surface area contributed by atoms with Crippen molar-refractivity contribution in [3.05, 3.63) is 64.0 Å². The number of aliphatic hydroxyl groups excluding tert-OH is 1. The SMILES string of the molecule is Cc1cnc(C(O)Cc2ccc(C)c(C)c2)c(C)c1. The summed E-state index contributed by atoms with van der Waals surface area (Å²) in [4.78, 5) is 4.36. The molecule has 1 aromatic carbocycles. The van der Waals surface area contributed by atoms with Gasteiger partial charge in [-0.25, -0.2) is 0 Å². The Morgan fingerprint density at radius 2 is 1.74 bits per heavy atom. The normalized spacial score (nSPS) is 12.5. The zero-order valence-electron chi connectivity index (χ0n) is 12.1. The van der Waals surface area contributed by atoms with Crippen molar-refractivity contribution in [2.75, 3.05) is 0 Å². The molecule has 2 heteroatoms. The first kappa shape index (κ1) is 13.8. The molecule has 0 amide bonds. The average Bonchev–Trinajstić information content (AvgIpc) is 2.33. The minimum atomic E-state index is -0.539. The first-order valence-corrected chi connectivity index (χ1v) is 6.64. The predicted octanol–water partition coefficient (Wildman–Crippen LogP) is 3.59. The predicted molar refractivity (Wildman–Crippen MR) is 78.3 cm³/mol. The molecule has 0 aliphatic carbocycles. The zero-order valence-corrected chi connectivity index (χ0v) is 12.1. The Balaban J connectivity index is 2.20. The van der Waals surface area contributed by atoms with E-state index in [2.05, 4.69) is 43.1 Å². The van der Waals surface area contributed by atoms with Crippen molar-refractivity contribution in [2.24, 2.45) is 0 Å². The van der Waals surface area contributed by atoms with Crippen molar-refractivity contribution in [2.45, 2.75) is 40.2 Å². The minimum Gasteiger partial charge on any atom is -0.386 e. The summed E-state index contributed by atoms with van der Waals surface area (Å²) in [7, 11) is 0. The molecule has 0 saturated heterocycles. The molecule has 0 radical (unpaired) electrons. The summed E-state index contributed by atoms with van der Waals surface area (Å²) in [6.07, 6.45) is 1.88. The molecule has 1 heterocycles. The molecule has 0 bridgehead atoms. The first-order valence-electron chi connectivity index (χ1n) is 6.64. The van der Waals surface area contributed by atoms with Crippen LogP contribution in [0.25, 0.3) is 0 Å². The van der Waals surface area contributed by atoms with Gasteiger partial charge in [-0.1, -0.05) is 24.3 Å². The molecular weight excluding hydrogens is 234 g/mol. The van der Waals surface area contributed by atoms with Gasteiger partial charge < -0.3 is 5.11 Å². The number of hydrogen-bond donors (Lipinski definition) is 1. The van der Waals surface area contributed by atoms with Crippen LogP contribution in [-0.2, 0) is 6.42 Å². The lowest BCUT2D eigenvalue weighted by molar-refractivity contribution is 0.173. The van der Waals surface area contributed by atoms with Gasteiger partial charge >= 0.3 is 0 Å². The summed E-state index contributed by atoms with van der Waals surface area (Å²) in [6.45, 7) is 8.21. The highest BCUT2D eigenvalue weighted by molar-refractivity contribution is 5.32. The standard InChI is InChI=1S/C17H21NO/c1-11-7-14(4)17(18-10-11)16(19)9-15-6-5-12(2)13(3)8-15/h5-8,10,16,19H,9H2,1-4H3. The number of pyridine rings is 1. The van der Waals surface area contributed by atoms with E-state index >= 15 is 0 Å². The lowest BCUT2D eigenvalue weighted by atomic mass is 9.99. The van der Waals surface area contributed by atoms with E-state index in [1.165, 1.54) is 11.1 Å². The maximum absolute atomic E-state index is 10.3. The molecule has 2 rings (SSSR count). The summed E-state index contributed by atoms with van der Waals surface area (Å²) in [5.74, 6) is 0. The Labute approximate surface area is 115 Å². The number of aryl methyl sites for hydroxylation is 4. The van der Waals surface area contributed by atoms with E-state index in [0.717, 1.165) is 22.4 Å². The number of benzene rings is 1. The van der Waals surface area contributed by atoms with E-state index in [4.69, 9.17) is 0 Å². The van der Waals surface area contributed by atoms with Gasteiger partial charge in [0.15, 0.2) is 0 Å². The van der Waals surface area contributed by atoms with Crippen LogP contribution in [0, 0.1) is 27.7 Å². The number of nitrogens with zero attached hydrogens (tertiary/aromatic N) is 1. The van der Waals surface area contributed by atoms with Crippen LogP contribution in [0.4, 0.5) is 0 Å². The molecule has 1 unspecified atom stereocenters. The van der Waals surface area contributed by atoms with E-state index in [0.29, 0.717) is 6.42 Å². The quantitative estimate of drug-likeness (QED) is 0.909. The topological polar surface area (TPSA) is 33.1 Å². The molecule has 0 saturated carbocycles. The van der Waals surface area contributed by atoms with Crippen LogP contribution in [0.1, 0.15) is 39.6 Å². The molecule has 100 valence electrons. The summed E-state index contributed by atoms with van der Waals surface area (Å²) < 4.78 is 0. The highest BCUT2D eigenvalue weighted by atomic mass is 16.3. The fourth-order valence-electron chi connectivity index (χ4n) is 2.33. The Hall–Kier alpha value is -1.67. The third-order valence-electron chi connectivity index (χ3n) is 3.57. The Morgan fingerprint density at radius 1 is 1.00 bits per heavy atom. The molecule has 1 atom stereocenters. The van der Waals surface area contributed by atoms with Crippen LogP contribution >= 0.6 is 0 Å². The molecule has 2 aromatic rings. The number of rotatable bonds is 3. The van der Waals surface area contributed by atoms with E-state index in [1.54, 1.807) is 0 Å². The molecule has 2 nitrogen and oxygen atoms in total. The van der Waals surface area contributed by atoms with Crippen LogP contribution in [0.15, 0.2) is 30.5 Å². The van der Waals surface area contributed by atoms with Gasteiger partial charge in [0.05, 0.1) is 5.69 Å². The second-order valence-electron chi connectivity index (χ2n) is 5.35. The summed E-state index contributed by atoms with van der Waals surface area (Å²) in [5.41, 5.74) is 6.65. The number of aromatic nitrogens is 1. The van der Waals surface area contributed by atoms with E-state index in [9.17, 15) is 5.11 Å². The largest absolute Gasteiger partial charge is 0.386 e. The second-order valence-corrected chi connectivity index (χ2v) is 5.35. The monoisotopic (exact) mass is 255 g/mol. The van der Waals surface area contributed by atoms with Crippen molar-refractivity contribution in [1.82, 2.24) is 4.98 Å². The molecule has 0 fully saturated rings. The van der Waals surface area contributed by atoms with Crippen molar-refractivity contribution in [1.29, 1.82) is 0 Å². The Morgan fingerprint density at radius 3 is 2.37 bits per heavy atom. The van der Waals surface area contributed by atoms with E-state index in [-0.39, 0.29) is 0 Å². The van der Waals surface area contributed by atoms with E-state index in [1.807, 2.05) is 20.0 Å². The molecule has 19 heavy (non-hydrogen) atoms. The van der Waals surface area contributed by atoms with Crippen molar-refractivity contribution in [3.63, 3.8) is 0 Å². The Kier molecular flexibility index (Phi) is 4.01. The van der Waals surface area contributed by atoms with Crippen LogP contribution in [0.2, 0.25) is 0 Å². The summed E-state index contributed by atoms with van der Waals surface area (Å²) >= 11 is 0. The fourth-order valence-corrected chi connectivity index (χ4v) is 2.33. The third-order valence-corrected chi connectivity index (χ3v) is 3.57. The zero-order chi connectivity index (χ0) is 14.0. The van der Waals surface area contributed by atoms with Crippen molar-refractivity contribution >= 4 is 0 Å². The van der Waals surface area contributed by atoms with Crippen LogP contribution in [0.5, 0.6) is 0 Å². The molecule has 0 aliphatic rings. The molecule has 1 N–H and O–H groups in total. The average molecular weight is 255 g/mol. The molecule has 0 spiro atoms. The van der Waals surface area contributed by atoms with Gasteiger partial charge in [0, 0.05) is 12.6 Å².